The quantitative estimate of drug-likeness (QED) is 0.206. The van der Waals surface area contributed by atoms with E-state index in [-0.39, 0.29) is 50.3 Å². The smallest absolute Gasteiger partial charge is 0.316 e. The first-order chi connectivity index (χ1) is 22.6. The highest BCUT2D eigenvalue weighted by Crippen LogP contribution is 2.31. The standard InChI is InChI=1S/C32H30BrFN6O7/c1-16(41)21-12-39(13-28(43)40-11-19(34)8-23(40)31(44)38-27-4-2-3-26(33)37-27)22-6-5-17(7-20(21)22)18-9-35-32(36-10-18)47-25-15-46-29-24(42)14-45-30(25)29/h2-7,9-10,12,19,23-25,29-30,42H,8,11,13-15H2,1H3,(H,37,38,44)/t19-,23+,24-,25-,29-,30-/m1/s1. The van der Waals surface area contributed by atoms with Crippen molar-refractivity contribution in [3.63, 3.8) is 0 Å². The van der Waals surface area contributed by atoms with Gasteiger partial charge in [0.25, 0.3) is 0 Å². The van der Waals surface area contributed by atoms with E-state index >= 15 is 0 Å². The number of anilines is 1. The summed E-state index contributed by atoms with van der Waals surface area (Å²) >= 11 is 3.25. The van der Waals surface area contributed by atoms with Gasteiger partial charge in [-0.25, -0.2) is 19.3 Å². The molecular weight excluding hydrogens is 679 g/mol. The van der Waals surface area contributed by atoms with E-state index < -0.39 is 48.4 Å². The van der Waals surface area contributed by atoms with Crippen LogP contribution >= 0.6 is 15.9 Å². The maximum absolute atomic E-state index is 14.6. The summed E-state index contributed by atoms with van der Waals surface area (Å²) in [6.45, 7) is 1.48. The van der Waals surface area contributed by atoms with E-state index in [2.05, 4.69) is 36.2 Å². The summed E-state index contributed by atoms with van der Waals surface area (Å²) in [4.78, 5) is 53.3. The second-order valence-corrected chi connectivity index (χ2v) is 12.6. The number of alkyl halides is 1. The summed E-state index contributed by atoms with van der Waals surface area (Å²) in [7, 11) is 0. The Morgan fingerprint density at radius 2 is 1.89 bits per heavy atom. The van der Waals surface area contributed by atoms with E-state index in [1.807, 2.05) is 12.1 Å². The number of pyridine rings is 1. The Morgan fingerprint density at radius 3 is 2.66 bits per heavy atom. The second kappa shape index (κ2) is 12.7. The first kappa shape index (κ1) is 31.3. The summed E-state index contributed by atoms with van der Waals surface area (Å²) < 4.78 is 33.8. The number of nitrogens with zero attached hydrogens (tertiary/aromatic N) is 5. The van der Waals surface area contributed by atoms with E-state index in [4.69, 9.17) is 14.2 Å². The minimum absolute atomic E-state index is 0.127. The van der Waals surface area contributed by atoms with Crippen LogP contribution in [0.5, 0.6) is 6.01 Å². The van der Waals surface area contributed by atoms with Gasteiger partial charge in [-0.15, -0.1) is 0 Å². The lowest BCUT2D eigenvalue weighted by Crippen LogP contribution is -2.44. The number of fused-ring (bicyclic) bond motifs is 2. The lowest BCUT2D eigenvalue weighted by Gasteiger charge is -2.24. The maximum Gasteiger partial charge on any atom is 0.316 e. The van der Waals surface area contributed by atoms with Crippen LogP contribution in [0.3, 0.4) is 0 Å². The topological polar surface area (TPSA) is 158 Å². The van der Waals surface area contributed by atoms with Crippen LogP contribution < -0.4 is 10.1 Å². The average Bonchev–Trinajstić information content (AvgIpc) is 3.82. The number of carbonyl (C=O) groups is 3. The summed E-state index contributed by atoms with van der Waals surface area (Å²) in [5.41, 5.74) is 2.44. The van der Waals surface area contributed by atoms with Crippen LogP contribution in [0.2, 0.25) is 0 Å². The molecule has 6 atom stereocenters. The number of halogens is 2. The molecule has 4 aromatic rings. The molecule has 6 heterocycles. The van der Waals surface area contributed by atoms with Gasteiger partial charge in [0.1, 0.15) is 47.5 Å². The van der Waals surface area contributed by atoms with Crippen molar-refractivity contribution in [2.75, 3.05) is 25.1 Å². The number of hydrogen-bond acceptors (Lipinski definition) is 10. The number of nitrogens with one attached hydrogen (secondary N) is 1. The summed E-state index contributed by atoms with van der Waals surface area (Å²) in [5, 5.41) is 13.2. The monoisotopic (exact) mass is 708 g/mol. The molecule has 7 rings (SSSR count). The van der Waals surface area contributed by atoms with Gasteiger partial charge >= 0.3 is 6.01 Å². The van der Waals surface area contributed by atoms with E-state index in [1.54, 1.807) is 47.4 Å². The Hall–Kier alpha value is -4.31. The van der Waals surface area contributed by atoms with Crippen molar-refractivity contribution in [1.82, 2.24) is 24.4 Å². The van der Waals surface area contributed by atoms with E-state index in [9.17, 15) is 23.9 Å². The zero-order valence-corrected chi connectivity index (χ0v) is 26.7. The lowest BCUT2D eigenvalue weighted by molar-refractivity contribution is -0.137. The van der Waals surface area contributed by atoms with Gasteiger partial charge in [0.2, 0.25) is 11.8 Å². The Balaban J connectivity index is 1.08. The Morgan fingerprint density at radius 1 is 1.11 bits per heavy atom. The fraction of sp³-hybridized carbons (Fsp3) is 0.375. The zero-order valence-electron chi connectivity index (χ0n) is 25.1. The van der Waals surface area contributed by atoms with Crippen molar-refractivity contribution in [1.29, 1.82) is 0 Å². The second-order valence-electron chi connectivity index (χ2n) is 11.8. The molecule has 1 aromatic carbocycles. The normalized spacial score (nSPS) is 25.2. The molecular formula is C32H30BrFN6O7. The number of amides is 2. The minimum atomic E-state index is -1.35. The molecule has 13 nitrogen and oxygen atoms in total. The van der Waals surface area contributed by atoms with Crippen LogP contribution in [-0.4, -0.2) is 104 Å². The molecule has 3 aromatic heterocycles. The molecule has 3 aliphatic rings. The fourth-order valence-corrected chi connectivity index (χ4v) is 6.67. The molecule has 2 amide bonds. The largest absolute Gasteiger partial charge is 0.455 e. The third-order valence-corrected chi connectivity index (χ3v) is 9.05. The van der Waals surface area contributed by atoms with E-state index in [0.717, 1.165) is 5.56 Å². The van der Waals surface area contributed by atoms with Gasteiger partial charge in [-0.1, -0.05) is 12.1 Å². The number of carbonyl (C=O) groups excluding carboxylic acids is 3. The number of ketones is 1. The number of aliphatic hydroxyl groups is 1. The molecule has 0 aliphatic carbocycles. The molecule has 0 spiro atoms. The highest BCUT2D eigenvalue weighted by Gasteiger charge is 2.48. The van der Waals surface area contributed by atoms with Gasteiger partial charge < -0.3 is 34.1 Å². The maximum atomic E-state index is 14.6. The number of likely N-dealkylation sites (tertiary alicyclic amines) is 1. The lowest BCUT2D eigenvalue weighted by atomic mass is 10.0. The third-order valence-electron chi connectivity index (χ3n) is 8.61. The molecule has 0 bridgehead atoms. The van der Waals surface area contributed by atoms with Crippen molar-refractivity contribution < 1.29 is 38.1 Å². The number of benzene rings is 1. The Labute approximate surface area is 276 Å². The highest BCUT2D eigenvalue weighted by molar-refractivity contribution is 9.10. The van der Waals surface area contributed by atoms with Gasteiger partial charge in [-0.2, -0.15) is 0 Å². The van der Waals surface area contributed by atoms with E-state index in [1.165, 1.54) is 11.8 Å². The number of aromatic nitrogens is 4. The van der Waals surface area contributed by atoms with Gasteiger partial charge in [0.05, 0.1) is 19.8 Å². The number of rotatable bonds is 8. The molecule has 2 N–H and O–H groups in total. The first-order valence-electron chi connectivity index (χ1n) is 15.1. The van der Waals surface area contributed by atoms with Crippen molar-refractivity contribution >= 4 is 50.2 Å². The average molecular weight is 710 g/mol. The van der Waals surface area contributed by atoms with Gasteiger partial charge in [0, 0.05) is 47.0 Å². The van der Waals surface area contributed by atoms with Crippen LogP contribution in [0.25, 0.3) is 22.0 Å². The number of ether oxygens (including phenoxy) is 3. The van der Waals surface area contributed by atoms with Gasteiger partial charge in [-0.05, 0) is 52.7 Å². The molecule has 3 fully saturated rings. The van der Waals surface area contributed by atoms with Crippen LogP contribution in [0.4, 0.5) is 10.2 Å². The van der Waals surface area contributed by atoms with E-state index in [0.29, 0.717) is 26.6 Å². The summed E-state index contributed by atoms with van der Waals surface area (Å²) in [6, 6.07) is 9.58. The van der Waals surface area contributed by atoms with Crippen molar-refractivity contribution in [3.8, 4) is 17.1 Å². The number of hydrogen-bond donors (Lipinski definition) is 2. The van der Waals surface area contributed by atoms with Crippen LogP contribution in [0.1, 0.15) is 23.7 Å². The Kier molecular flexibility index (Phi) is 8.46. The van der Waals surface area contributed by atoms with Crippen LogP contribution in [-0.2, 0) is 25.6 Å². The molecule has 0 unspecified atom stereocenters. The molecule has 3 saturated heterocycles. The van der Waals surface area contributed by atoms with Gasteiger partial charge in [-0.3, -0.25) is 14.4 Å². The van der Waals surface area contributed by atoms with Crippen molar-refractivity contribution in [3.05, 3.63) is 65.2 Å². The summed E-state index contributed by atoms with van der Waals surface area (Å²) in [6.07, 6.45) is 1.38. The number of Topliss-reactive ketones (excluding diaryl/α,β-unsaturated/α-hetero) is 1. The summed E-state index contributed by atoms with van der Waals surface area (Å²) in [5.74, 6) is -0.894. The molecule has 15 heteroatoms. The molecule has 3 aliphatic heterocycles. The highest BCUT2D eigenvalue weighted by atomic mass is 79.9. The SMILES string of the molecule is CC(=O)c1cn(CC(=O)N2C[C@H](F)C[C@H]2C(=O)Nc2cccc(Br)n2)c2ccc(-c3cnc(O[C@@H]4CO[C@H]5[C@@H]4OC[C@H]5O)nc3)cc12. The minimum Gasteiger partial charge on any atom is -0.455 e. The first-order valence-corrected chi connectivity index (χ1v) is 15.8. The Bertz CT molecular complexity index is 1860. The van der Waals surface area contributed by atoms with Crippen LogP contribution in [0, 0.1) is 0 Å². The molecule has 244 valence electrons. The van der Waals surface area contributed by atoms with Crippen LogP contribution in [0.15, 0.2) is 59.6 Å². The number of aliphatic hydroxyl groups excluding tert-OH is 1. The molecule has 47 heavy (non-hydrogen) atoms. The fourth-order valence-electron chi connectivity index (χ4n) is 6.33. The molecule has 0 radical (unpaired) electrons. The predicted octanol–water partition coefficient (Wildman–Crippen LogP) is 2.94. The van der Waals surface area contributed by atoms with Crippen molar-refractivity contribution in [2.24, 2.45) is 0 Å². The molecule has 0 saturated carbocycles. The van der Waals surface area contributed by atoms with Gasteiger partial charge in [0.15, 0.2) is 11.9 Å². The third kappa shape index (κ3) is 6.23. The van der Waals surface area contributed by atoms with Crippen molar-refractivity contribution in [2.45, 2.75) is 56.5 Å². The zero-order chi connectivity index (χ0) is 32.8. The predicted molar refractivity (Wildman–Crippen MR) is 168 cm³/mol.